The molecule has 0 saturated heterocycles. The van der Waals surface area contributed by atoms with Gasteiger partial charge in [0.1, 0.15) is 17.2 Å². The van der Waals surface area contributed by atoms with Gasteiger partial charge in [-0.25, -0.2) is 0 Å². The molecule has 5 heteroatoms. The summed E-state index contributed by atoms with van der Waals surface area (Å²) in [5, 5.41) is 29.0. The van der Waals surface area contributed by atoms with Crippen LogP contribution >= 0.6 is 0 Å². The predicted molar refractivity (Wildman–Crippen MR) is 96.6 cm³/mol. The number of hydrogen-bond acceptors (Lipinski definition) is 5. The Bertz CT molecular complexity index is 782. The first-order valence-electron chi connectivity index (χ1n) is 7.74. The lowest BCUT2D eigenvalue weighted by atomic mass is 10.1. The monoisotopic (exact) mass is 326 g/mol. The molecule has 0 saturated carbocycles. The maximum atomic E-state index is 9.86. The SMILES string of the molecule is CC(=NCC(C)N=C(C)c1ccccc1O)c1ccc(O)cc1O. The zero-order valence-corrected chi connectivity index (χ0v) is 14.1. The molecule has 0 fully saturated rings. The Labute approximate surface area is 141 Å². The van der Waals surface area contributed by atoms with Crippen molar-refractivity contribution >= 4 is 11.4 Å². The quantitative estimate of drug-likeness (QED) is 0.735. The van der Waals surface area contributed by atoms with Crippen molar-refractivity contribution in [3.05, 3.63) is 53.6 Å². The van der Waals surface area contributed by atoms with Gasteiger partial charge in [0.15, 0.2) is 0 Å². The Morgan fingerprint density at radius 3 is 2.25 bits per heavy atom. The Kier molecular flexibility index (Phi) is 5.58. The molecule has 0 amide bonds. The van der Waals surface area contributed by atoms with Crippen molar-refractivity contribution in [2.75, 3.05) is 6.54 Å². The maximum Gasteiger partial charge on any atom is 0.128 e. The summed E-state index contributed by atoms with van der Waals surface area (Å²) in [6.45, 7) is 6.06. The highest BCUT2D eigenvalue weighted by molar-refractivity contribution is 6.02. The minimum Gasteiger partial charge on any atom is -0.508 e. The van der Waals surface area contributed by atoms with Gasteiger partial charge in [-0.2, -0.15) is 0 Å². The highest BCUT2D eigenvalue weighted by Crippen LogP contribution is 2.23. The van der Waals surface area contributed by atoms with Crippen LogP contribution in [-0.4, -0.2) is 39.3 Å². The predicted octanol–water partition coefficient (Wildman–Crippen LogP) is 3.51. The normalized spacial score (nSPS) is 13.8. The zero-order chi connectivity index (χ0) is 17.7. The number of phenols is 3. The lowest BCUT2D eigenvalue weighted by molar-refractivity contribution is 0.450. The van der Waals surface area contributed by atoms with E-state index < -0.39 is 0 Å². The van der Waals surface area contributed by atoms with Crippen molar-refractivity contribution in [2.24, 2.45) is 9.98 Å². The van der Waals surface area contributed by atoms with Crippen molar-refractivity contribution < 1.29 is 15.3 Å². The first kappa shape index (κ1) is 17.5. The molecule has 0 heterocycles. The van der Waals surface area contributed by atoms with Gasteiger partial charge in [-0.1, -0.05) is 12.1 Å². The molecule has 0 bridgehead atoms. The summed E-state index contributed by atoms with van der Waals surface area (Å²) in [6, 6.07) is 11.4. The van der Waals surface area contributed by atoms with Gasteiger partial charge in [0.2, 0.25) is 0 Å². The van der Waals surface area contributed by atoms with Crippen molar-refractivity contribution in [1.29, 1.82) is 0 Å². The summed E-state index contributed by atoms with van der Waals surface area (Å²) < 4.78 is 0. The second kappa shape index (κ2) is 7.64. The van der Waals surface area contributed by atoms with Crippen LogP contribution in [0, 0.1) is 0 Å². The third-order valence-electron chi connectivity index (χ3n) is 3.67. The van der Waals surface area contributed by atoms with E-state index in [0.29, 0.717) is 23.4 Å². The van der Waals surface area contributed by atoms with Gasteiger partial charge < -0.3 is 15.3 Å². The Morgan fingerprint density at radius 1 is 0.917 bits per heavy atom. The lowest BCUT2D eigenvalue weighted by Crippen LogP contribution is -2.09. The molecule has 3 N–H and O–H groups in total. The van der Waals surface area contributed by atoms with Crippen LogP contribution in [0.25, 0.3) is 0 Å². The van der Waals surface area contributed by atoms with Crippen LogP contribution in [-0.2, 0) is 0 Å². The Balaban J connectivity index is 2.10. The van der Waals surface area contributed by atoms with Crippen LogP contribution in [0.5, 0.6) is 17.2 Å². The van der Waals surface area contributed by atoms with E-state index >= 15 is 0 Å². The highest BCUT2D eigenvalue weighted by atomic mass is 16.3. The van der Waals surface area contributed by atoms with E-state index in [1.165, 1.54) is 12.1 Å². The molecule has 5 nitrogen and oxygen atoms in total. The number of aromatic hydroxyl groups is 3. The number of para-hydroxylation sites is 1. The van der Waals surface area contributed by atoms with E-state index in [1.807, 2.05) is 26.0 Å². The van der Waals surface area contributed by atoms with Gasteiger partial charge in [0.05, 0.1) is 12.6 Å². The van der Waals surface area contributed by atoms with Crippen molar-refractivity contribution in [3.8, 4) is 17.2 Å². The zero-order valence-electron chi connectivity index (χ0n) is 14.1. The van der Waals surface area contributed by atoms with Crippen LogP contribution in [0.3, 0.4) is 0 Å². The smallest absolute Gasteiger partial charge is 0.128 e. The third-order valence-corrected chi connectivity index (χ3v) is 3.67. The molecule has 24 heavy (non-hydrogen) atoms. The second-order valence-corrected chi connectivity index (χ2v) is 5.71. The van der Waals surface area contributed by atoms with Crippen LogP contribution in [0.2, 0.25) is 0 Å². The molecule has 0 aromatic heterocycles. The van der Waals surface area contributed by atoms with Gasteiger partial charge >= 0.3 is 0 Å². The van der Waals surface area contributed by atoms with E-state index in [2.05, 4.69) is 9.98 Å². The first-order chi connectivity index (χ1) is 11.4. The largest absolute Gasteiger partial charge is 0.508 e. The standard InChI is InChI=1S/C19H22N2O3/c1-12(21-14(3)16-6-4-5-7-18(16)23)11-20-13(2)17-9-8-15(22)10-19(17)24/h4-10,12,22-24H,11H2,1-3H3. The third kappa shape index (κ3) is 4.35. The van der Waals surface area contributed by atoms with Gasteiger partial charge in [-0.3, -0.25) is 9.98 Å². The van der Waals surface area contributed by atoms with Crippen LogP contribution < -0.4 is 0 Å². The van der Waals surface area contributed by atoms with E-state index in [4.69, 9.17) is 0 Å². The summed E-state index contributed by atoms with van der Waals surface area (Å²) in [5.74, 6) is 0.220. The average molecular weight is 326 g/mol. The summed E-state index contributed by atoms with van der Waals surface area (Å²) in [5.41, 5.74) is 2.72. The van der Waals surface area contributed by atoms with Gasteiger partial charge in [-0.15, -0.1) is 0 Å². The molecule has 0 spiro atoms. The molecule has 0 radical (unpaired) electrons. The number of phenolic OH excluding ortho intramolecular Hbond substituents is 3. The highest BCUT2D eigenvalue weighted by Gasteiger charge is 2.08. The van der Waals surface area contributed by atoms with E-state index in [1.54, 1.807) is 25.1 Å². The first-order valence-corrected chi connectivity index (χ1v) is 7.74. The van der Waals surface area contributed by atoms with Gasteiger partial charge in [-0.05, 0) is 45.0 Å². The Morgan fingerprint density at radius 2 is 1.58 bits per heavy atom. The van der Waals surface area contributed by atoms with E-state index in [0.717, 1.165) is 5.71 Å². The molecule has 2 aromatic carbocycles. The molecule has 0 aliphatic heterocycles. The maximum absolute atomic E-state index is 9.86. The fourth-order valence-corrected chi connectivity index (χ4v) is 2.40. The molecule has 2 aromatic rings. The van der Waals surface area contributed by atoms with Crippen LogP contribution in [0.15, 0.2) is 52.4 Å². The van der Waals surface area contributed by atoms with E-state index in [9.17, 15) is 15.3 Å². The molecular formula is C19H22N2O3. The lowest BCUT2D eigenvalue weighted by Gasteiger charge is -2.09. The fourth-order valence-electron chi connectivity index (χ4n) is 2.40. The van der Waals surface area contributed by atoms with Crippen molar-refractivity contribution in [1.82, 2.24) is 0 Å². The second-order valence-electron chi connectivity index (χ2n) is 5.71. The summed E-state index contributed by atoms with van der Waals surface area (Å²) in [4.78, 5) is 9.02. The van der Waals surface area contributed by atoms with Gasteiger partial charge in [0.25, 0.3) is 0 Å². The summed E-state index contributed by atoms with van der Waals surface area (Å²) >= 11 is 0. The summed E-state index contributed by atoms with van der Waals surface area (Å²) in [6.07, 6.45) is 0. The molecule has 1 unspecified atom stereocenters. The number of hydrogen-bond donors (Lipinski definition) is 3. The molecule has 0 aliphatic carbocycles. The number of benzene rings is 2. The number of nitrogens with zero attached hydrogens (tertiary/aromatic N) is 2. The number of aliphatic imine (C=N–C) groups is 2. The van der Waals surface area contributed by atoms with Crippen molar-refractivity contribution in [2.45, 2.75) is 26.8 Å². The van der Waals surface area contributed by atoms with Crippen molar-refractivity contribution in [3.63, 3.8) is 0 Å². The molecule has 2 rings (SSSR count). The topological polar surface area (TPSA) is 85.4 Å². The minimum absolute atomic E-state index is 0.00204. The minimum atomic E-state index is -0.0705. The van der Waals surface area contributed by atoms with Gasteiger partial charge in [0, 0.05) is 28.6 Å². The molecular weight excluding hydrogens is 304 g/mol. The molecule has 0 aliphatic rings. The molecule has 1 atom stereocenters. The van der Waals surface area contributed by atoms with Crippen LogP contribution in [0.1, 0.15) is 31.9 Å². The fraction of sp³-hybridized carbons (Fsp3) is 0.263. The van der Waals surface area contributed by atoms with E-state index in [-0.39, 0.29) is 23.3 Å². The average Bonchev–Trinajstić information content (AvgIpc) is 2.53. The Hall–Kier alpha value is -2.82. The van der Waals surface area contributed by atoms with Crippen LogP contribution in [0.4, 0.5) is 0 Å². The molecule has 126 valence electrons. The number of rotatable bonds is 5. The summed E-state index contributed by atoms with van der Waals surface area (Å²) in [7, 11) is 0.